The van der Waals surface area contributed by atoms with E-state index in [0.717, 1.165) is 12.4 Å². The summed E-state index contributed by atoms with van der Waals surface area (Å²) in [6.07, 6.45) is 0. The van der Waals surface area contributed by atoms with Crippen LogP contribution in [0, 0.1) is 0 Å². The average Bonchev–Trinajstić information content (AvgIpc) is 2.50. The van der Waals surface area contributed by atoms with E-state index in [2.05, 4.69) is 41.6 Å². The molecule has 0 aliphatic rings. The molecule has 1 rings (SSSR count). The van der Waals surface area contributed by atoms with Crippen molar-refractivity contribution in [1.29, 1.82) is 0 Å². The molecule has 2 atom stereocenters. The molecular formula is C8H17N5. The van der Waals surface area contributed by atoms with Gasteiger partial charge in [0.05, 0.1) is 0 Å². The van der Waals surface area contributed by atoms with Crippen LogP contribution in [-0.4, -0.2) is 32.8 Å². The van der Waals surface area contributed by atoms with Crippen LogP contribution in [0.5, 0.6) is 0 Å². The van der Waals surface area contributed by atoms with Gasteiger partial charge in [0.2, 0.25) is 0 Å². The van der Waals surface area contributed by atoms with E-state index in [9.17, 15) is 0 Å². The minimum Gasteiger partial charge on any atom is -0.314 e. The first kappa shape index (κ1) is 10.1. The predicted octanol–water partition coefficient (Wildman–Crippen LogP) is 0.312. The molecular weight excluding hydrogens is 166 g/mol. The van der Waals surface area contributed by atoms with Crippen molar-refractivity contribution in [3.63, 3.8) is 0 Å². The molecule has 0 saturated heterocycles. The maximum Gasteiger partial charge on any atom is 0.155 e. The van der Waals surface area contributed by atoms with Crippen molar-refractivity contribution in [1.82, 2.24) is 25.5 Å². The lowest BCUT2D eigenvalue weighted by molar-refractivity contribution is 0.464. The Bertz CT molecular complexity index is 257. The van der Waals surface area contributed by atoms with Gasteiger partial charge in [-0.2, -0.15) is 0 Å². The number of aryl methyl sites for hydroxylation is 1. The lowest BCUT2D eigenvalue weighted by Crippen LogP contribution is -2.31. The summed E-state index contributed by atoms with van der Waals surface area (Å²) in [5.74, 6) is 1.26. The third-order valence-corrected chi connectivity index (χ3v) is 2.34. The van der Waals surface area contributed by atoms with Gasteiger partial charge >= 0.3 is 0 Å². The Morgan fingerprint density at radius 2 is 2.15 bits per heavy atom. The summed E-state index contributed by atoms with van der Waals surface area (Å²) in [4.78, 5) is 0. The number of rotatable bonds is 4. The van der Waals surface area contributed by atoms with Crippen LogP contribution in [0.4, 0.5) is 0 Å². The van der Waals surface area contributed by atoms with Gasteiger partial charge in [0.25, 0.3) is 0 Å². The predicted molar refractivity (Wildman–Crippen MR) is 50.4 cm³/mol. The van der Waals surface area contributed by atoms with Gasteiger partial charge in [-0.25, -0.2) is 4.68 Å². The van der Waals surface area contributed by atoms with Crippen LogP contribution in [0.25, 0.3) is 0 Å². The lowest BCUT2D eigenvalue weighted by atomic mass is 10.0. The van der Waals surface area contributed by atoms with E-state index < -0.39 is 0 Å². The Balaban J connectivity index is 2.67. The molecule has 0 bridgehead atoms. The van der Waals surface area contributed by atoms with Crippen LogP contribution < -0.4 is 5.32 Å². The second kappa shape index (κ2) is 4.32. The van der Waals surface area contributed by atoms with Crippen LogP contribution in [0.2, 0.25) is 0 Å². The van der Waals surface area contributed by atoms with Crippen LogP contribution in [0.1, 0.15) is 32.5 Å². The highest BCUT2D eigenvalue weighted by molar-refractivity contribution is 4.95. The molecule has 1 N–H and O–H groups in total. The molecule has 5 heteroatoms. The van der Waals surface area contributed by atoms with Crippen molar-refractivity contribution in [2.24, 2.45) is 7.05 Å². The number of nitrogens with zero attached hydrogens (tertiary/aromatic N) is 4. The van der Waals surface area contributed by atoms with E-state index in [-0.39, 0.29) is 0 Å². The molecule has 1 heterocycles. The number of nitrogens with one attached hydrogen (secondary N) is 1. The summed E-state index contributed by atoms with van der Waals surface area (Å²) in [6.45, 7) is 7.33. The molecule has 2 unspecified atom stereocenters. The van der Waals surface area contributed by atoms with Crippen molar-refractivity contribution in [2.45, 2.75) is 32.7 Å². The van der Waals surface area contributed by atoms with Gasteiger partial charge < -0.3 is 5.32 Å². The third kappa shape index (κ3) is 2.24. The lowest BCUT2D eigenvalue weighted by Gasteiger charge is -2.18. The first-order chi connectivity index (χ1) is 6.16. The number of hydrogen-bond acceptors (Lipinski definition) is 4. The highest BCUT2D eigenvalue weighted by atomic mass is 15.5. The van der Waals surface area contributed by atoms with Crippen molar-refractivity contribution in [3.05, 3.63) is 5.82 Å². The van der Waals surface area contributed by atoms with Crippen LogP contribution >= 0.6 is 0 Å². The van der Waals surface area contributed by atoms with Gasteiger partial charge in [0, 0.05) is 19.0 Å². The number of hydrogen-bond donors (Lipinski definition) is 1. The fourth-order valence-corrected chi connectivity index (χ4v) is 1.34. The van der Waals surface area contributed by atoms with E-state index in [4.69, 9.17) is 0 Å². The normalized spacial score (nSPS) is 15.7. The quantitative estimate of drug-likeness (QED) is 0.730. The smallest absolute Gasteiger partial charge is 0.155 e. The zero-order valence-electron chi connectivity index (χ0n) is 8.65. The molecule has 0 fully saturated rings. The largest absolute Gasteiger partial charge is 0.314 e. The maximum absolute atomic E-state index is 3.98. The minimum atomic E-state index is 0.333. The Hall–Kier alpha value is -0.970. The SMILES string of the molecule is CCNC(C)C(C)c1nnnn1C. The van der Waals surface area contributed by atoms with E-state index in [1.165, 1.54) is 0 Å². The first-order valence-corrected chi connectivity index (χ1v) is 4.62. The summed E-state index contributed by atoms with van der Waals surface area (Å²) in [5, 5.41) is 14.8. The number of likely N-dealkylation sites (N-methyl/N-ethyl adjacent to an activating group) is 1. The highest BCUT2D eigenvalue weighted by Crippen LogP contribution is 2.14. The summed E-state index contributed by atoms with van der Waals surface area (Å²) in [6, 6.07) is 0.398. The Kier molecular flexibility index (Phi) is 3.36. The Labute approximate surface area is 78.5 Å². The van der Waals surface area contributed by atoms with Crippen LogP contribution in [0.3, 0.4) is 0 Å². The van der Waals surface area contributed by atoms with Crippen LogP contribution in [0.15, 0.2) is 0 Å². The second-order valence-corrected chi connectivity index (χ2v) is 3.30. The molecule has 0 aliphatic heterocycles. The molecule has 0 spiro atoms. The minimum absolute atomic E-state index is 0.333. The first-order valence-electron chi connectivity index (χ1n) is 4.62. The summed E-state index contributed by atoms with van der Waals surface area (Å²) in [7, 11) is 1.87. The standard InChI is InChI=1S/C8H17N5/c1-5-9-7(3)6(2)8-10-11-12-13(8)4/h6-7,9H,5H2,1-4H3. The van der Waals surface area contributed by atoms with Crippen molar-refractivity contribution < 1.29 is 0 Å². The van der Waals surface area contributed by atoms with Crippen LogP contribution in [-0.2, 0) is 7.05 Å². The zero-order chi connectivity index (χ0) is 9.84. The van der Waals surface area contributed by atoms with Gasteiger partial charge in [-0.1, -0.05) is 13.8 Å². The number of tetrazole rings is 1. The van der Waals surface area contributed by atoms with Crippen molar-refractivity contribution >= 4 is 0 Å². The summed E-state index contributed by atoms with van der Waals surface area (Å²) >= 11 is 0. The topological polar surface area (TPSA) is 55.6 Å². The fraction of sp³-hybridized carbons (Fsp3) is 0.875. The molecule has 5 nitrogen and oxygen atoms in total. The van der Waals surface area contributed by atoms with E-state index in [1.54, 1.807) is 4.68 Å². The molecule has 0 aliphatic carbocycles. The number of aromatic nitrogens is 4. The van der Waals surface area contributed by atoms with Gasteiger partial charge in [-0.3, -0.25) is 0 Å². The molecule has 1 aromatic rings. The summed E-state index contributed by atoms with van der Waals surface area (Å²) < 4.78 is 1.72. The van der Waals surface area contributed by atoms with Gasteiger partial charge in [-0.15, -0.1) is 5.10 Å². The van der Waals surface area contributed by atoms with Crippen molar-refractivity contribution in [2.75, 3.05) is 6.54 Å². The Morgan fingerprint density at radius 3 is 2.62 bits per heavy atom. The molecule has 1 aromatic heterocycles. The molecule has 0 amide bonds. The van der Waals surface area contributed by atoms with E-state index in [0.29, 0.717) is 12.0 Å². The van der Waals surface area contributed by atoms with Crippen molar-refractivity contribution in [3.8, 4) is 0 Å². The second-order valence-electron chi connectivity index (χ2n) is 3.30. The molecule has 13 heavy (non-hydrogen) atoms. The molecule has 0 aromatic carbocycles. The molecule has 0 radical (unpaired) electrons. The zero-order valence-corrected chi connectivity index (χ0v) is 8.65. The highest BCUT2D eigenvalue weighted by Gasteiger charge is 2.18. The maximum atomic E-state index is 3.98. The van der Waals surface area contributed by atoms with Gasteiger partial charge in [0.1, 0.15) is 0 Å². The van der Waals surface area contributed by atoms with Gasteiger partial charge in [-0.05, 0) is 23.9 Å². The average molecular weight is 183 g/mol. The fourth-order valence-electron chi connectivity index (χ4n) is 1.34. The van der Waals surface area contributed by atoms with E-state index >= 15 is 0 Å². The van der Waals surface area contributed by atoms with E-state index in [1.807, 2.05) is 7.05 Å². The molecule has 0 saturated carbocycles. The molecule has 74 valence electrons. The monoisotopic (exact) mass is 183 g/mol. The summed E-state index contributed by atoms with van der Waals surface area (Å²) in [5.41, 5.74) is 0. The van der Waals surface area contributed by atoms with Gasteiger partial charge in [0.15, 0.2) is 5.82 Å². The third-order valence-electron chi connectivity index (χ3n) is 2.34. The Morgan fingerprint density at radius 1 is 1.46 bits per heavy atom.